The lowest BCUT2D eigenvalue weighted by Gasteiger charge is -2.19. The number of carbonyl (C=O) groups excluding carboxylic acids is 1. The molecule has 2 amide bonds. The summed E-state index contributed by atoms with van der Waals surface area (Å²) in [4.78, 5) is 27.5. The highest BCUT2D eigenvalue weighted by atomic mass is 35.5. The summed E-state index contributed by atoms with van der Waals surface area (Å²) in [6, 6.07) is 18.3. The molecule has 0 aliphatic heterocycles. The van der Waals surface area contributed by atoms with Crippen LogP contribution in [0.3, 0.4) is 0 Å². The number of rotatable bonds is 12. The maximum absolute atomic E-state index is 13.2. The lowest BCUT2D eigenvalue weighted by Crippen LogP contribution is -2.30. The number of halogens is 1. The number of hydrogen-bond acceptors (Lipinski definition) is 7. The third kappa shape index (κ3) is 8.99. The van der Waals surface area contributed by atoms with Crippen LogP contribution in [0.4, 0.5) is 16.2 Å². The molecule has 43 heavy (non-hydrogen) atoms. The summed E-state index contributed by atoms with van der Waals surface area (Å²) in [6.07, 6.45) is 2.58. The first-order chi connectivity index (χ1) is 20.4. The number of aromatic nitrogens is 1. The smallest absolute Gasteiger partial charge is 0.319 e. The number of amides is 2. The predicted molar refractivity (Wildman–Crippen MR) is 161 cm³/mol. The minimum absolute atomic E-state index is 0.0621. The van der Waals surface area contributed by atoms with Crippen molar-refractivity contribution in [2.24, 2.45) is 0 Å². The Morgan fingerprint density at radius 3 is 2.19 bits per heavy atom. The van der Waals surface area contributed by atoms with Gasteiger partial charge in [0.25, 0.3) is 10.0 Å². The van der Waals surface area contributed by atoms with E-state index in [1.54, 1.807) is 24.5 Å². The first-order valence-electron chi connectivity index (χ1n) is 12.6. The number of sulfonamides is 2. The average molecular weight is 644 g/mol. The molecule has 3 aromatic carbocycles. The first-order valence-corrected chi connectivity index (χ1v) is 15.9. The fourth-order valence-corrected chi connectivity index (χ4v) is 6.35. The third-order valence-electron chi connectivity index (χ3n) is 5.95. The Balaban J connectivity index is 1.49. The van der Waals surface area contributed by atoms with E-state index >= 15 is 0 Å². The van der Waals surface area contributed by atoms with E-state index < -0.39 is 44.5 Å². The number of benzene rings is 3. The second-order valence-electron chi connectivity index (χ2n) is 9.15. The van der Waals surface area contributed by atoms with Crippen molar-refractivity contribution in [2.45, 2.75) is 28.8 Å². The third-order valence-corrected chi connectivity index (χ3v) is 9.06. The Morgan fingerprint density at radius 2 is 1.49 bits per heavy atom. The van der Waals surface area contributed by atoms with Crippen LogP contribution in [0, 0.1) is 0 Å². The molecule has 1 aromatic heterocycles. The molecule has 4 aromatic rings. The molecule has 1 heterocycles. The number of carboxylic acids is 1. The Bertz CT molecular complexity index is 1820. The van der Waals surface area contributed by atoms with Crippen molar-refractivity contribution in [1.29, 1.82) is 0 Å². The summed E-state index contributed by atoms with van der Waals surface area (Å²) < 4.78 is 57.0. The highest BCUT2D eigenvalue weighted by molar-refractivity contribution is 7.92. The highest BCUT2D eigenvalue weighted by Gasteiger charge is 2.24. The Labute approximate surface area is 253 Å². The second kappa shape index (κ2) is 13.6. The molecule has 12 nitrogen and oxygen atoms in total. The number of carboxylic acid groups (broad SMARTS) is 1. The molecule has 0 radical (unpaired) electrons. The van der Waals surface area contributed by atoms with Crippen LogP contribution in [0.15, 0.2) is 107 Å². The fourth-order valence-electron chi connectivity index (χ4n) is 3.90. The number of pyridine rings is 1. The van der Waals surface area contributed by atoms with E-state index in [0.29, 0.717) is 5.02 Å². The Hall–Kier alpha value is -4.50. The van der Waals surface area contributed by atoms with Crippen molar-refractivity contribution in [3.63, 3.8) is 0 Å². The lowest BCUT2D eigenvalue weighted by atomic mass is 10.0. The summed E-state index contributed by atoms with van der Waals surface area (Å²) in [5.41, 5.74) is 1.33. The zero-order chi connectivity index (χ0) is 31.0. The minimum Gasteiger partial charge on any atom is -0.481 e. The number of carbonyl (C=O) groups is 2. The molecule has 0 aliphatic carbocycles. The number of urea groups is 1. The molecule has 0 aliphatic rings. The van der Waals surface area contributed by atoms with Gasteiger partial charge in [-0.2, -0.15) is 0 Å². The van der Waals surface area contributed by atoms with Crippen LogP contribution in [0.2, 0.25) is 5.02 Å². The molecule has 15 heteroatoms. The largest absolute Gasteiger partial charge is 0.481 e. The van der Waals surface area contributed by atoms with Crippen molar-refractivity contribution >= 4 is 55.0 Å². The Kier molecular flexibility index (Phi) is 9.98. The van der Waals surface area contributed by atoms with E-state index in [0.717, 1.165) is 5.56 Å². The van der Waals surface area contributed by atoms with Gasteiger partial charge in [-0.25, -0.2) is 26.4 Å². The molecule has 1 atom stereocenters. The zero-order valence-electron chi connectivity index (χ0n) is 22.3. The fraction of sp³-hybridized carbons (Fsp3) is 0.107. The van der Waals surface area contributed by atoms with Gasteiger partial charge in [0.1, 0.15) is 0 Å². The lowest BCUT2D eigenvalue weighted by molar-refractivity contribution is -0.137. The van der Waals surface area contributed by atoms with E-state index in [2.05, 4.69) is 25.1 Å². The molecule has 0 spiro atoms. The number of hydrogen-bond donors (Lipinski definition) is 5. The molecule has 0 unspecified atom stereocenters. The number of nitrogens with one attached hydrogen (secondary N) is 4. The topological polar surface area (TPSA) is 184 Å². The maximum atomic E-state index is 13.2. The van der Waals surface area contributed by atoms with Gasteiger partial charge in [-0.15, -0.1) is 0 Å². The van der Waals surface area contributed by atoms with Gasteiger partial charge in [-0.05, 0) is 77.9 Å². The summed E-state index contributed by atoms with van der Waals surface area (Å²) in [5, 5.41) is 15.0. The average Bonchev–Trinajstić information content (AvgIpc) is 2.96. The SMILES string of the molecule is O=C(O)C[C@H](NS(=O)(=O)c1ccc(Cl)cc1)c1cccc(NS(=O)(=O)c2cccc(NC(=O)NCc3ccncc3)c2)c1. The molecule has 0 fully saturated rings. The summed E-state index contributed by atoms with van der Waals surface area (Å²) in [7, 11) is -8.32. The van der Waals surface area contributed by atoms with Crippen molar-refractivity contribution in [3.8, 4) is 0 Å². The van der Waals surface area contributed by atoms with Crippen LogP contribution >= 0.6 is 11.6 Å². The minimum atomic E-state index is -4.17. The molecular weight excluding hydrogens is 618 g/mol. The monoisotopic (exact) mass is 643 g/mol. The second-order valence-corrected chi connectivity index (χ2v) is 13.0. The molecule has 224 valence electrons. The summed E-state index contributed by atoms with van der Waals surface area (Å²) >= 11 is 5.84. The predicted octanol–water partition coefficient (Wildman–Crippen LogP) is 4.35. The summed E-state index contributed by atoms with van der Waals surface area (Å²) in [5.74, 6) is -1.27. The van der Waals surface area contributed by atoms with Gasteiger partial charge < -0.3 is 15.7 Å². The Morgan fingerprint density at radius 1 is 0.814 bits per heavy atom. The van der Waals surface area contributed by atoms with Crippen molar-refractivity contribution in [2.75, 3.05) is 10.0 Å². The molecule has 0 saturated heterocycles. The van der Waals surface area contributed by atoms with Gasteiger partial charge in [-0.3, -0.25) is 14.5 Å². The van der Waals surface area contributed by atoms with Crippen molar-refractivity contribution < 1.29 is 31.5 Å². The molecule has 5 N–H and O–H groups in total. The van der Waals surface area contributed by atoms with E-state index in [9.17, 15) is 31.5 Å². The van der Waals surface area contributed by atoms with Crippen molar-refractivity contribution in [1.82, 2.24) is 15.0 Å². The van der Waals surface area contributed by atoms with Crippen LogP contribution in [0.5, 0.6) is 0 Å². The van der Waals surface area contributed by atoms with E-state index in [1.165, 1.54) is 72.8 Å². The van der Waals surface area contributed by atoms with Gasteiger partial charge in [0, 0.05) is 35.3 Å². The van der Waals surface area contributed by atoms with Gasteiger partial charge in [0.15, 0.2) is 0 Å². The van der Waals surface area contributed by atoms with Crippen LogP contribution in [0.1, 0.15) is 23.6 Å². The van der Waals surface area contributed by atoms with Crippen LogP contribution in [-0.2, 0) is 31.4 Å². The van der Waals surface area contributed by atoms with Gasteiger partial charge in [-0.1, -0.05) is 29.8 Å². The van der Waals surface area contributed by atoms with Crippen LogP contribution in [-0.4, -0.2) is 38.9 Å². The van der Waals surface area contributed by atoms with Gasteiger partial charge in [0.05, 0.1) is 22.3 Å². The standard InChI is InChI=1S/C28H26ClN5O7S2/c29-21-7-9-24(10-8-21)42(38,39)34-26(17-27(35)36)20-3-1-5-23(15-20)33-43(40,41)25-6-2-4-22(16-25)32-28(37)31-18-19-11-13-30-14-12-19/h1-16,26,33-34H,17-18H2,(H,35,36)(H2,31,32,37)/t26-/m0/s1. The molecular formula is C28H26ClN5O7S2. The number of anilines is 2. The molecule has 0 saturated carbocycles. The summed E-state index contributed by atoms with van der Waals surface area (Å²) in [6.45, 7) is 0.239. The van der Waals surface area contributed by atoms with Gasteiger partial charge in [0.2, 0.25) is 10.0 Å². The normalized spacial score (nSPS) is 12.2. The highest BCUT2D eigenvalue weighted by Crippen LogP contribution is 2.26. The first kappa shape index (κ1) is 31.4. The van der Waals surface area contributed by atoms with E-state index in [4.69, 9.17) is 11.6 Å². The zero-order valence-corrected chi connectivity index (χ0v) is 24.7. The quantitative estimate of drug-likeness (QED) is 0.151. The van der Waals surface area contributed by atoms with Gasteiger partial charge >= 0.3 is 12.0 Å². The molecule has 4 rings (SSSR count). The van der Waals surface area contributed by atoms with Crippen molar-refractivity contribution in [3.05, 3.63) is 113 Å². The van der Waals surface area contributed by atoms with E-state index in [1.807, 2.05) is 0 Å². The van der Waals surface area contributed by atoms with Crippen LogP contribution in [0.25, 0.3) is 0 Å². The number of aliphatic carboxylic acids is 1. The van der Waals surface area contributed by atoms with Crippen LogP contribution < -0.4 is 20.1 Å². The maximum Gasteiger partial charge on any atom is 0.319 e. The number of nitrogens with zero attached hydrogens (tertiary/aromatic N) is 1. The van der Waals surface area contributed by atoms with E-state index in [-0.39, 0.29) is 33.3 Å². The molecule has 0 bridgehead atoms.